The van der Waals surface area contributed by atoms with E-state index in [4.69, 9.17) is 4.98 Å². The molecule has 0 saturated carbocycles. The van der Waals surface area contributed by atoms with Gasteiger partial charge in [-0.2, -0.15) is 0 Å². The van der Waals surface area contributed by atoms with Gasteiger partial charge < -0.3 is 25.2 Å². The molecule has 4 aromatic rings. The van der Waals surface area contributed by atoms with Gasteiger partial charge in [0.15, 0.2) is 0 Å². The Kier molecular flexibility index (Phi) is 7.03. The van der Waals surface area contributed by atoms with Gasteiger partial charge in [-0.15, -0.1) is 0 Å². The van der Waals surface area contributed by atoms with Gasteiger partial charge in [0, 0.05) is 61.5 Å². The van der Waals surface area contributed by atoms with Crippen molar-refractivity contribution in [3.8, 4) is 11.3 Å². The summed E-state index contributed by atoms with van der Waals surface area (Å²) < 4.78 is 1.98. The normalized spacial score (nSPS) is 16.0. The minimum Gasteiger partial charge on any atom is -0.390 e. The zero-order valence-electron chi connectivity index (χ0n) is 22.4. The molecule has 38 heavy (non-hydrogen) atoms. The maximum absolute atomic E-state index is 11.2. The molecule has 5 heterocycles. The molecule has 1 atom stereocenters. The fourth-order valence-electron chi connectivity index (χ4n) is 5.31. The predicted octanol–water partition coefficient (Wildman–Crippen LogP) is 4.32. The van der Waals surface area contributed by atoms with Crippen LogP contribution in [0.1, 0.15) is 37.8 Å². The van der Waals surface area contributed by atoms with Crippen molar-refractivity contribution in [2.75, 3.05) is 23.3 Å². The Morgan fingerprint density at radius 1 is 1.16 bits per heavy atom. The largest absolute Gasteiger partial charge is 0.390 e. The highest BCUT2D eigenvalue weighted by molar-refractivity contribution is 5.93. The average Bonchev–Trinajstić information content (AvgIpc) is 3.30. The monoisotopic (exact) mass is 513 g/mol. The zero-order chi connectivity index (χ0) is 26.9. The summed E-state index contributed by atoms with van der Waals surface area (Å²) in [5.74, 6) is 0.948. The van der Waals surface area contributed by atoms with Crippen molar-refractivity contribution in [3.05, 3.63) is 60.2 Å². The Hall–Kier alpha value is -3.98. The van der Waals surface area contributed by atoms with Crippen LogP contribution < -0.4 is 15.5 Å². The van der Waals surface area contributed by atoms with Gasteiger partial charge in [0.25, 0.3) is 0 Å². The third kappa shape index (κ3) is 5.06. The van der Waals surface area contributed by atoms with Crippen LogP contribution in [0.15, 0.2) is 49.1 Å². The average molecular weight is 514 g/mol. The van der Waals surface area contributed by atoms with Crippen molar-refractivity contribution in [2.24, 2.45) is 13.0 Å². The smallest absolute Gasteiger partial charge is 0.207 e. The minimum absolute atomic E-state index is 0.234. The molecule has 1 saturated heterocycles. The summed E-state index contributed by atoms with van der Waals surface area (Å²) in [5, 5.41) is 17.7. The van der Waals surface area contributed by atoms with Crippen LogP contribution in [0.25, 0.3) is 22.3 Å². The molecule has 0 radical (unpaired) electrons. The molecular formula is C29H35N7O2. The van der Waals surface area contributed by atoms with Crippen LogP contribution >= 0.6 is 0 Å². The Balaban J connectivity index is 1.41. The molecule has 9 heteroatoms. The fraction of sp³-hybridized carbons (Fsp3) is 0.379. The number of nitrogens with one attached hydrogen (secondary N) is 2. The number of hydrogen-bond donors (Lipinski definition) is 3. The molecule has 3 N–H and O–H groups in total. The number of carbonyl (C=O) groups excluding carboxylic acids is 1. The van der Waals surface area contributed by atoms with Crippen LogP contribution in [0.2, 0.25) is 0 Å². The van der Waals surface area contributed by atoms with Crippen LogP contribution in [-0.2, 0) is 18.4 Å². The highest BCUT2D eigenvalue weighted by atomic mass is 16.3. The summed E-state index contributed by atoms with van der Waals surface area (Å²) in [5.41, 5.74) is 5.78. The molecule has 0 unspecified atom stereocenters. The molecule has 5 rings (SSSR count). The first-order valence-electron chi connectivity index (χ1n) is 13.0. The molecule has 4 aromatic heterocycles. The van der Waals surface area contributed by atoms with Gasteiger partial charge in [-0.1, -0.05) is 0 Å². The summed E-state index contributed by atoms with van der Waals surface area (Å²) in [6.07, 6.45) is 10.3. The number of hydrogen-bond acceptors (Lipinski definition) is 7. The van der Waals surface area contributed by atoms with E-state index in [1.165, 1.54) is 0 Å². The molecule has 0 spiro atoms. The molecule has 0 aromatic carbocycles. The number of carbonyl (C=O) groups is 1. The number of fused-ring (bicyclic) bond motifs is 1. The van der Waals surface area contributed by atoms with E-state index in [-0.39, 0.29) is 5.92 Å². The second-order valence-corrected chi connectivity index (χ2v) is 10.6. The molecule has 1 aliphatic heterocycles. The van der Waals surface area contributed by atoms with E-state index in [0.29, 0.717) is 18.8 Å². The molecule has 1 aliphatic rings. The van der Waals surface area contributed by atoms with E-state index in [1.807, 2.05) is 69.2 Å². The van der Waals surface area contributed by atoms with E-state index in [2.05, 4.69) is 31.6 Å². The summed E-state index contributed by atoms with van der Waals surface area (Å²) in [6.45, 7) is 7.95. The second kappa shape index (κ2) is 10.4. The maximum atomic E-state index is 11.2. The molecule has 0 bridgehead atoms. The van der Waals surface area contributed by atoms with Gasteiger partial charge in [0.1, 0.15) is 11.5 Å². The summed E-state index contributed by atoms with van der Waals surface area (Å²) >= 11 is 0. The van der Waals surface area contributed by atoms with Gasteiger partial charge in [0.05, 0.1) is 35.1 Å². The lowest BCUT2D eigenvalue weighted by Gasteiger charge is -2.39. The maximum Gasteiger partial charge on any atom is 0.207 e. The van der Waals surface area contributed by atoms with E-state index in [1.54, 1.807) is 6.20 Å². The number of aromatic nitrogens is 4. The first kappa shape index (κ1) is 25.7. The number of piperidine rings is 1. The Labute approximate surface area is 222 Å². The quantitative estimate of drug-likeness (QED) is 0.301. The minimum atomic E-state index is -0.691. The van der Waals surface area contributed by atoms with Crippen LogP contribution in [0.4, 0.5) is 17.2 Å². The van der Waals surface area contributed by atoms with E-state index in [9.17, 15) is 9.90 Å². The zero-order valence-corrected chi connectivity index (χ0v) is 22.4. The van der Waals surface area contributed by atoms with Crippen molar-refractivity contribution >= 4 is 34.6 Å². The summed E-state index contributed by atoms with van der Waals surface area (Å²) in [4.78, 5) is 27.5. The van der Waals surface area contributed by atoms with Gasteiger partial charge >= 0.3 is 0 Å². The molecule has 1 fully saturated rings. The number of pyridine rings is 3. The molecule has 198 valence electrons. The van der Waals surface area contributed by atoms with Crippen molar-refractivity contribution in [1.82, 2.24) is 24.8 Å². The SMILES string of the molecule is Cc1c(Nc2ccc(N3CCC[C@@H](C(C)(C)O)C3)cn2)cnc(-c2ccnc3c2ccn3C)c1CNC=O. The third-order valence-electron chi connectivity index (χ3n) is 7.65. The van der Waals surface area contributed by atoms with Gasteiger partial charge in [-0.05, 0) is 63.4 Å². The summed E-state index contributed by atoms with van der Waals surface area (Å²) in [7, 11) is 1.97. The molecule has 1 amide bonds. The van der Waals surface area contributed by atoms with Crippen molar-refractivity contribution < 1.29 is 9.90 Å². The lowest BCUT2D eigenvalue weighted by Crippen LogP contribution is -2.44. The van der Waals surface area contributed by atoms with Gasteiger partial charge in [-0.3, -0.25) is 9.78 Å². The highest BCUT2D eigenvalue weighted by Crippen LogP contribution is 2.34. The standard InChI is InChI=1S/C29H35N7O2/c1-19-24(15-30-18-37)27(22-9-11-31-28-23(22)10-13-35(28)4)33-16-25(19)34-26-8-7-21(14-32-26)36-12-5-6-20(17-36)29(2,3)38/h7-11,13-14,16,18,20,38H,5-6,12,15,17H2,1-4H3,(H,30,37)(H,32,34)/t20-/m1/s1. The summed E-state index contributed by atoms with van der Waals surface area (Å²) in [6, 6.07) is 8.04. The Bertz CT molecular complexity index is 1440. The number of rotatable bonds is 8. The number of nitrogens with zero attached hydrogens (tertiary/aromatic N) is 5. The molecular weight excluding hydrogens is 478 g/mol. The molecule has 9 nitrogen and oxygen atoms in total. The van der Waals surface area contributed by atoms with Crippen molar-refractivity contribution in [2.45, 2.75) is 45.8 Å². The van der Waals surface area contributed by atoms with Crippen LogP contribution in [-0.4, -0.2) is 49.7 Å². The van der Waals surface area contributed by atoms with Crippen molar-refractivity contribution in [3.63, 3.8) is 0 Å². The van der Waals surface area contributed by atoms with E-state index in [0.717, 1.165) is 70.7 Å². The lowest BCUT2D eigenvalue weighted by molar-refractivity contribution is -0.109. The van der Waals surface area contributed by atoms with E-state index < -0.39 is 5.60 Å². The first-order chi connectivity index (χ1) is 18.3. The number of aryl methyl sites for hydroxylation is 1. The third-order valence-corrected chi connectivity index (χ3v) is 7.65. The molecule has 0 aliphatic carbocycles. The van der Waals surface area contributed by atoms with Crippen molar-refractivity contribution in [1.29, 1.82) is 0 Å². The fourth-order valence-corrected chi connectivity index (χ4v) is 5.31. The van der Waals surface area contributed by atoms with Crippen LogP contribution in [0.5, 0.6) is 0 Å². The van der Waals surface area contributed by atoms with Crippen LogP contribution in [0.3, 0.4) is 0 Å². The van der Waals surface area contributed by atoms with Gasteiger partial charge in [-0.25, -0.2) is 9.97 Å². The number of aliphatic hydroxyl groups is 1. The topological polar surface area (TPSA) is 108 Å². The Morgan fingerprint density at radius 2 is 2.00 bits per heavy atom. The lowest BCUT2D eigenvalue weighted by atomic mass is 9.84. The van der Waals surface area contributed by atoms with Crippen LogP contribution in [0, 0.1) is 12.8 Å². The number of amides is 1. The number of anilines is 3. The highest BCUT2D eigenvalue weighted by Gasteiger charge is 2.31. The van der Waals surface area contributed by atoms with Gasteiger partial charge in [0.2, 0.25) is 6.41 Å². The first-order valence-corrected chi connectivity index (χ1v) is 13.0. The Morgan fingerprint density at radius 3 is 2.74 bits per heavy atom. The predicted molar refractivity (Wildman–Crippen MR) is 150 cm³/mol. The van der Waals surface area contributed by atoms with E-state index >= 15 is 0 Å². The second-order valence-electron chi connectivity index (χ2n) is 10.6.